The first-order valence-corrected chi connectivity index (χ1v) is 10.0. The molecular formula is C25H28FNO3. The summed E-state index contributed by atoms with van der Waals surface area (Å²) in [5.41, 5.74) is 2.72. The Morgan fingerprint density at radius 2 is 1.57 bits per heavy atom. The van der Waals surface area contributed by atoms with Crippen LogP contribution in [0, 0.1) is 5.82 Å². The SMILES string of the molecule is COc1ccc(CN(Cc2ccccc2F)C[C@@H](O)COCc2ccccc2)cc1. The topological polar surface area (TPSA) is 41.9 Å². The van der Waals surface area contributed by atoms with Crippen LogP contribution in [0.5, 0.6) is 5.75 Å². The summed E-state index contributed by atoms with van der Waals surface area (Å²) < 4.78 is 25.1. The fourth-order valence-corrected chi connectivity index (χ4v) is 3.28. The molecule has 0 radical (unpaired) electrons. The van der Waals surface area contributed by atoms with Crippen molar-refractivity contribution in [3.8, 4) is 5.75 Å². The molecule has 0 aliphatic rings. The normalized spacial score (nSPS) is 12.1. The maximum absolute atomic E-state index is 14.2. The third kappa shape index (κ3) is 6.95. The highest BCUT2D eigenvalue weighted by Gasteiger charge is 2.15. The number of rotatable bonds is 11. The van der Waals surface area contributed by atoms with E-state index in [0.29, 0.717) is 31.8 Å². The summed E-state index contributed by atoms with van der Waals surface area (Å²) in [5.74, 6) is 0.542. The average molecular weight is 410 g/mol. The highest BCUT2D eigenvalue weighted by molar-refractivity contribution is 5.27. The lowest BCUT2D eigenvalue weighted by atomic mass is 10.1. The van der Waals surface area contributed by atoms with Gasteiger partial charge >= 0.3 is 0 Å². The Morgan fingerprint density at radius 3 is 2.27 bits per heavy atom. The van der Waals surface area contributed by atoms with E-state index in [2.05, 4.69) is 0 Å². The zero-order valence-corrected chi connectivity index (χ0v) is 17.2. The van der Waals surface area contributed by atoms with Crippen LogP contribution in [-0.4, -0.2) is 36.4 Å². The van der Waals surface area contributed by atoms with E-state index >= 15 is 0 Å². The van der Waals surface area contributed by atoms with Gasteiger partial charge in [-0.2, -0.15) is 0 Å². The second-order valence-corrected chi connectivity index (χ2v) is 7.26. The summed E-state index contributed by atoms with van der Waals surface area (Å²) in [6.45, 7) is 2.01. The molecule has 0 saturated heterocycles. The van der Waals surface area contributed by atoms with E-state index in [9.17, 15) is 9.50 Å². The van der Waals surface area contributed by atoms with Crippen LogP contribution in [0.2, 0.25) is 0 Å². The highest BCUT2D eigenvalue weighted by atomic mass is 19.1. The summed E-state index contributed by atoms with van der Waals surface area (Å²) in [7, 11) is 1.63. The van der Waals surface area contributed by atoms with Gasteiger partial charge in [0.15, 0.2) is 0 Å². The molecule has 0 bridgehead atoms. The number of hydrogen-bond acceptors (Lipinski definition) is 4. The monoisotopic (exact) mass is 409 g/mol. The fourth-order valence-electron chi connectivity index (χ4n) is 3.28. The van der Waals surface area contributed by atoms with E-state index in [1.807, 2.05) is 65.6 Å². The smallest absolute Gasteiger partial charge is 0.127 e. The van der Waals surface area contributed by atoms with Crippen LogP contribution in [0.1, 0.15) is 16.7 Å². The molecule has 158 valence electrons. The van der Waals surface area contributed by atoms with Crippen molar-refractivity contribution >= 4 is 0 Å². The molecule has 3 aromatic rings. The number of aliphatic hydroxyl groups excluding tert-OH is 1. The lowest BCUT2D eigenvalue weighted by molar-refractivity contribution is 0.00696. The van der Waals surface area contributed by atoms with Gasteiger partial charge < -0.3 is 14.6 Å². The average Bonchev–Trinajstić information content (AvgIpc) is 2.76. The van der Waals surface area contributed by atoms with Crippen molar-refractivity contribution < 1.29 is 19.0 Å². The van der Waals surface area contributed by atoms with Crippen LogP contribution in [-0.2, 0) is 24.4 Å². The minimum atomic E-state index is -0.682. The summed E-state index contributed by atoms with van der Waals surface area (Å²) in [6, 6.07) is 24.3. The quantitative estimate of drug-likeness (QED) is 0.509. The highest BCUT2D eigenvalue weighted by Crippen LogP contribution is 2.16. The van der Waals surface area contributed by atoms with Crippen LogP contribution >= 0.6 is 0 Å². The van der Waals surface area contributed by atoms with Gasteiger partial charge in [-0.1, -0.05) is 60.7 Å². The van der Waals surface area contributed by atoms with Crippen LogP contribution in [0.15, 0.2) is 78.9 Å². The third-order valence-corrected chi connectivity index (χ3v) is 4.81. The molecule has 3 rings (SSSR count). The molecule has 0 saturated carbocycles. The van der Waals surface area contributed by atoms with Crippen molar-refractivity contribution in [3.05, 3.63) is 101 Å². The molecule has 3 aromatic carbocycles. The summed E-state index contributed by atoms with van der Waals surface area (Å²) in [4.78, 5) is 2.02. The summed E-state index contributed by atoms with van der Waals surface area (Å²) in [5, 5.41) is 10.5. The largest absolute Gasteiger partial charge is 0.497 e. The Labute approximate surface area is 177 Å². The van der Waals surface area contributed by atoms with Gasteiger partial charge in [-0.15, -0.1) is 0 Å². The molecule has 0 heterocycles. The molecule has 0 amide bonds. The first kappa shape index (κ1) is 22.0. The van der Waals surface area contributed by atoms with Crippen molar-refractivity contribution in [3.63, 3.8) is 0 Å². The molecule has 4 nitrogen and oxygen atoms in total. The predicted octanol–water partition coefficient (Wildman–Crippen LogP) is 4.41. The Balaban J connectivity index is 1.61. The van der Waals surface area contributed by atoms with Gasteiger partial charge in [0, 0.05) is 25.2 Å². The van der Waals surface area contributed by atoms with Gasteiger partial charge in [-0.05, 0) is 29.3 Å². The number of hydrogen-bond donors (Lipinski definition) is 1. The number of halogens is 1. The van der Waals surface area contributed by atoms with Crippen LogP contribution in [0.25, 0.3) is 0 Å². The van der Waals surface area contributed by atoms with Gasteiger partial charge in [0.1, 0.15) is 11.6 Å². The zero-order valence-electron chi connectivity index (χ0n) is 17.2. The fraction of sp³-hybridized carbons (Fsp3) is 0.280. The zero-order chi connectivity index (χ0) is 21.2. The van der Waals surface area contributed by atoms with E-state index in [4.69, 9.17) is 9.47 Å². The van der Waals surface area contributed by atoms with Gasteiger partial charge in [-0.25, -0.2) is 4.39 Å². The van der Waals surface area contributed by atoms with E-state index < -0.39 is 6.10 Å². The number of methoxy groups -OCH3 is 1. The molecular weight excluding hydrogens is 381 g/mol. The van der Waals surface area contributed by atoms with Gasteiger partial charge in [0.05, 0.1) is 26.4 Å². The van der Waals surface area contributed by atoms with Crippen molar-refractivity contribution in [2.45, 2.75) is 25.8 Å². The number of benzene rings is 3. The Kier molecular flexibility index (Phi) is 8.39. The second kappa shape index (κ2) is 11.5. The Hall–Kier alpha value is -2.73. The maximum atomic E-state index is 14.2. The third-order valence-electron chi connectivity index (χ3n) is 4.81. The molecule has 0 spiro atoms. The minimum Gasteiger partial charge on any atom is -0.497 e. The Morgan fingerprint density at radius 1 is 0.867 bits per heavy atom. The molecule has 1 N–H and O–H groups in total. The molecule has 0 aliphatic heterocycles. The van der Waals surface area contributed by atoms with Gasteiger partial charge in [0.25, 0.3) is 0 Å². The molecule has 0 fully saturated rings. The van der Waals surface area contributed by atoms with E-state index in [1.54, 1.807) is 19.2 Å². The number of nitrogens with zero attached hydrogens (tertiary/aromatic N) is 1. The molecule has 30 heavy (non-hydrogen) atoms. The van der Waals surface area contributed by atoms with Crippen molar-refractivity contribution in [2.24, 2.45) is 0 Å². The predicted molar refractivity (Wildman–Crippen MR) is 116 cm³/mol. The standard InChI is InChI=1S/C25H28FNO3/c1-29-24-13-11-20(12-14-24)15-27(16-22-9-5-6-10-25(22)26)17-23(28)19-30-18-21-7-3-2-4-8-21/h2-14,23,28H,15-19H2,1H3/t23-/m1/s1. The van der Waals surface area contributed by atoms with E-state index in [0.717, 1.165) is 16.9 Å². The molecule has 0 aliphatic carbocycles. The van der Waals surface area contributed by atoms with Crippen LogP contribution < -0.4 is 4.74 Å². The van der Waals surface area contributed by atoms with Crippen molar-refractivity contribution in [1.82, 2.24) is 4.90 Å². The molecule has 1 atom stereocenters. The lowest BCUT2D eigenvalue weighted by Gasteiger charge is -2.25. The minimum absolute atomic E-state index is 0.214. The first-order chi connectivity index (χ1) is 14.6. The van der Waals surface area contributed by atoms with Crippen molar-refractivity contribution in [2.75, 3.05) is 20.3 Å². The molecule has 5 heteroatoms. The second-order valence-electron chi connectivity index (χ2n) is 7.26. The maximum Gasteiger partial charge on any atom is 0.127 e. The summed E-state index contributed by atoms with van der Waals surface area (Å²) in [6.07, 6.45) is -0.682. The van der Waals surface area contributed by atoms with Gasteiger partial charge in [-0.3, -0.25) is 4.90 Å². The van der Waals surface area contributed by atoms with Crippen LogP contribution in [0.3, 0.4) is 0 Å². The first-order valence-electron chi connectivity index (χ1n) is 10.0. The van der Waals surface area contributed by atoms with E-state index in [1.165, 1.54) is 6.07 Å². The Bertz CT molecular complexity index is 886. The van der Waals surface area contributed by atoms with Crippen LogP contribution in [0.4, 0.5) is 4.39 Å². The molecule has 0 unspecified atom stereocenters. The van der Waals surface area contributed by atoms with Crippen molar-refractivity contribution in [1.29, 1.82) is 0 Å². The van der Waals surface area contributed by atoms with Gasteiger partial charge in [0.2, 0.25) is 0 Å². The lowest BCUT2D eigenvalue weighted by Crippen LogP contribution is -2.34. The molecule has 0 aromatic heterocycles. The number of ether oxygens (including phenoxy) is 2. The summed E-state index contributed by atoms with van der Waals surface area (Å²) >= 11 is 0. The van der Waals surface area contributed by atoms with E-state index in [-0.39, 0.29) is 12.4 Å². The number of aliphatic hydroxyl groups is 1.